The van der Waals surface area contributed by atoms with Crippen LogP contribution in [-0.2, 0) is 11.2 Å². The van der Waals surface area contributed by atoms with Gasteiger partial charge in [-0.3, -0.25) is 10.00 Å². The molecule has 0 unspecified atom stereocenters. The Morgan fingerprint density at radius 1 is 1.09 bits per heavy atom. The quantitative estimate of drug-likeness (QED) is 0.428. The zero-order chi connectivity index (χ0) is 21.8. The molecule has 8 nitrogen and oxygen atoms in total. The summed E-state index contributed by atoms with van der Waals surface area (Å²) in [6.45, 7) is 5.40. The zero-order valence-corrected chi connectivity index (χ0v) is 17.7. The van der Waals surface area contributed by atoms with Crippen LogP contribution in [0.15, 0.2) is 59.5 Å². The molecule has 1 aliphatic heterocycles. The Balaban J connectivity index is 1.20. The lowest BCUT2D eigenvalue weighted by Crippen LogP contribution is -2.47. The first kappa shape index (κ1) is 20.4. The highest BCUT2D eigenvalue weighted by Crippen LogP contribution is 2.29. The van der Waals surface area contributed by atoms with Crippen molar-refractivity contribution in [1.82, 2.24) is 25.0 Å². The highest BCUT2D eigenvalue weighted by molar-refractivity contribution is 5.82. The molecule has 164 valence electrons. The number of piperazine rings is 1. The second-order valence-electron chi connectivity index (χ2n) is 7.94. The molecular weight excluding hydrogens is 406 g/mol. The van der Waals surface area contributed by atoms with Crippen LogP contribution < -0.4 is 4.74 Å². The van der Waals surface area contributed by atoms with E-state index >= 15 is 0 Å². The van der Waals surface area contributed by atoms with Gasteiger partial charge in [-0.05, 0) is 36.2 Å². The molecule has 0 bridgehead atoms. The Labute approximate surface area is 185 Å². The van der Waals surface area contributed by atoms with E-state index in [0.717, 1.165) is 67.7 Å². The number of H-pyrrole nitrogens is 1. The number of hydrogen-bond acceptors (Lipinski definition) is 7. The maximum Gasteiger partial charge on any atom is 0.219 e. The average molecular weight is 431 g/mol. The van der Waals surface area contributed by atoms with Crippen molar-refractivity contribution in [2.75, 3.05) is 39.3 Å². The minimum absolute atomic E-state index is 0.521. The molecule has 1 aliphatic rings. The Morgan fingerprint density at radius 2 is 1.97 bits per heavy atom. The van der Waals surface area contributed by atoms with Crippen LogP contribution in [0.2, 0.25) is 0 Å². The lowest BCUT2D eigenvalue weighted by Gasteiger charge is -2.33. The third-order valence-corrected chi connectivity index (χ3v) is 5.89. The smallest absolute Gasteiger partial charge is 0.219 e. The van der Waals surface area contributed by atoms with Crippen molar-refractivity contribution in [3.8, 4) is 22.9 Å². The molecule has 0 spiro atoms. The van der Waals surface area contributed by atoms with Crippen molar-refractivity contribution < 1.29 is 13.9 Å². The van der Waals surface area contributed by atoms with Gasteiger partial charge in [-0.15, -0.1) is 0 Å². The number of fused-ring (bicyclic) bond motifs is 1. The standard InChI is InChI=1S/C24H25N5O3/c30-14-13-29-11-9-28(10-12-29)8-6-19-17-31-23-15-20(2-3-21(19)23)32-24-4-1-18(16-25-24)22-5-7-26-27-22/h1-5,7,14-17H,6,8-13H2,(H,26,27). The molecule has 8 heteroatoms. The van der Waals surface area contributed by atoms with Crippen molar-refractivity contribution in [1.29, 1.82) is 0 Å². The van der Waals surface area contributed by atoms with Gasteiger partial charge in [-0.25, -0.2) is 4.98 Å². The number of carbonyl (C=O) groups is 1. The SMILES string of the molecule is O=CCN1CCN(CCc2coc3cc(Oc4ccc(-c5ccn[nH]5)cn4)ccc23)CC1. The van der Waals surface area contributed by atoms with Gasteiger partial charge < -0.3 is 18.8 Å². The minimum Gasteiger partial charge on any atom is -0.464 e. The van der Waals surface area contributed by atoms with E-state index in [1.54, 1.807) is 12.4 Å². The lowest BCUT2D eigenvalue weighted by atomic mass is 10.1. The van der Waals surface area contributed by atoms with E-state index in [0.29, 0.717) is 18.2 Å². The van der Waals surface area contributed by atoms with Gasteiger partial charge in [-0.2, -0.15) is 5.10 Å². The van der Waals surface area contributed by atoms with E-state index in [9.17, 15) is 4.79 Å². The Kier molecular flexibility index (Phi) is 5.96. The molecule has 0 amide bonds. The molecule has 1 N–H and O–H groups in total. The zero-order valence-electron chi connectivity index (χ0n) is 17.7. The van der Waals surface area contributed by atoms with Crippen LogP contribution >= 0.6 is 0 Å². The van der Waals surface area contributed by atoms with Gasteiger partial charge in [0.05, 0.1) is 18.5 Å². The van der Waals surface area contributed by atoms with Gasteiger partial charge in [-0.1, -0.05) is 0 Å². The fourth-order valence-electron chi connectivity index (χ4n) is 4.04. The summed E-state index contributed by atoms with van der Waals surface area (Å²) in [6.07, 6.45) is 7.22. The number of aromatic nitrogens is 3. The summed E-state index contributed by atoms with van der Waals surface area (Å²) in [7, 11) is 0. The van der Waals surface area contributed by atoms with Gasteiger partial charge in [0.2, 0.25) is 5.88 Å². The first-order valence-electron chi connectivity index (χ1n) is 10.8. The number of aldehydes is 1. The third kappa shape index (κ3) is 4.56. The molecule has 5 rings (SSSR count). The monoisotopic (exact) mass is 431 g/mol. The topological polar surface area (TPSA) is 87.5 Å². The van der Waals surface area contributed by atoms with Gasteiger partial charge in [0.1, 0.15) is 17.6 Å². The van der Waals surface area contributed by atoms with Gasteiger partial charge in [0.15, 0.2) is 0 Å². The summed E-state index contributed by atoms with van der Waals surface area (Å²) in [4.78, 5) is 19.7. The van der Waals surface area contributed by atoms with Gasteiger partial charge in [0, 0.05) is 68.2 Å². The van der Waals surface area contributed by atoms with Crippen LogP contribution in [0.25, 0.3) is 22.2 Å². The number of aromatic amines is 1. The molecule has 0 radical (unpaired) electrons. The number of nitrogens with one attached hydrogen (secondary N) is 1. The second-order valence-corrected chi connectivity index (χ2v) is 7.94. The van der Waals surface area contributed by atoms with E-state index in [2.05, 4.69) is 25.0 Å². The van der Waals surface area contributed by atoms with Crippen LogP contribution in [0, 0.1) is 0 Å². The number of furan rings is 1. The average Bonchev–Trinajstić information content (AvgIpc) is 3.50. The molecular formula is C24H25N5O3. The Hall–Kier alpha value is -3.49. The van der Waals surface area contributed by atoms with Gasteiger partial charge >= 0.3 is 0 Å². The fourth-order valence-corrected chi connectivity index (χ4v) is 4.04. The van der Waals surface area contributed by atoms with E-state index < -0.39 is 0 Å². The molecule has 0 atom stereocenters. The number of carbonyl (C=O) groups excluding carboxylic acids is 1. The summed E-state index contributed by atoms with van der Waals surface area (Å²) in [5, 5.41) is 7.99. The first-order chi connectivity index (χ1) is 15.8. The lowest BCUT2D eigenvalue weighted by molar-refractivity contribution is -0.109. The number of pyridine rings is 1. The molecule has 3 aromatic heterocycles. The molecule has 1 saturated heterocycles. The Morgan fingerprint density at radius 3 is 2.72 bits per heavy atom. The summed E-state index contributed by atoms with van der Waals surface area (Å²) < 4.78 is 11.7. The minimum atomic E-state index is 0.521. The van der Waals surface area contributed by atoms with E-state index in [-0.39, 0.29) is 0 Å². The van der Waals surface area contributed by atoms with Crippen LogP contribution in [0.1, 0.15) is 5.56 Å². The van der Waals surface area contributed by atoms with Crippen molar-refractivity contribution in [3.63, 3.8) is 0 Å². The van der Waals surface area contributed by atoms with Gasteiger partial charge in [0.25, 0.3) is 0 Å². The van der Waals surface area contributed by atoms with Crippen LogP contribution in [0.4, 0.5) is 0 Å². The largest absolute Gasteiger partial charge is 0.464 e. The molecule has 4 aromatic rings. The number of nitrogens with zero attached hydrogens (tertiary/aromatic N) is 4. The molecule has 1 aromatic carbocycles. The molecule has 32 heavy (non-hydrogen) atoms. The molecule has 0 aliphatic carbocycles. The number of benzene rings is 1. The first-order valence-corrected chi connectivity index (χ1v) is 10.8. The van der Waals surface area contributed by atoms with E-state index in [1.807, 2.05) is 42.7 Å². The summed E-state index contributed by atoms with van der Waals surface area (Å²) in [6, 6.07) is 11.6. The van der Waals surface area contributed by atoms with E-state index in [1.165, 1.54) is 5.56 Å². The maximum atomic E-state index is 10.7. The summed E-state index contributed by atoms with van der Waals surface area (Å²) in [5.41, 5.74) is 3.87. The predicted molar refractivity (Wildman–Crippen MR) is 121 cm³/mol. The fraction of sp³-hybridized carbons (Fsp3) is 0.292. The number of hydrogen-bond donors (Lipinski definition) is 1. The molecule has 0 saturated carbocycles. The Bertz CT molecular complexity index is 1160. The summed E-state index contributed by atoms with van der Waals surface area (Å²) in [5.74, 6) is 1.21. The van der Waals surface area contributed by atoms with Crippen LogP contribution in [0.5, 0.6) is 11.6 Å². The third-order valence-electron chi connectivity index (χ3n) is 5.89. The van der Waals surface area contributed by atoms with E-state index in [4.69, 9.17) is 9.15 Å². The molecule has 4 heterocycles. The second kappa shape index (κ2) is 9.33. The highest BCUT2D eigenvalue weighted by Gasteiger charge is 2.17. The molecule has 1 fully saturated rings. The maximum absolute atomic E-state index is 10.7. The van der Waals surface area contributed by atoms with Crippen molar-refractivity contribution in [3.05, 3.63) is 60.6 Å². The number of ether oxygens (including phenoxy) is 1. The van der Waals surface area contributed by atoms with Crippen LogP contribution in [-0.4, -0.2) is 70.5 Å². The van der Waals surface area contributed by atoms with Crippen molar-refractivity contribution >= 4 is 17.3 Å². The normalized spacial score (nSPS) is 15.2. The predicted octanol–water partition coefficient (Wildman–Crippen LogP) is 3.37. The number of rotatable bonds is 8. The van der Waals surface area contributed by atoms with Crippen LogP contribution in [0.3, 0.4) is 0 Å². The van der Waals surface area contributed by atoms with Crippen molar-refractivity contribution in [2.24, 2.45) is 0 Å². The summed E-state index contributed by atoms with van der Waals surface area (Å²) >= 11 is 0. The highest BCUT2D eigenvalue weighted by atomic mass is 16.5. The van der Waals surface area contributed by atoms with Crippen molar-refractivity contribution in [2.45, 2.75) is 6.42 Å².